The van der Waals surface area contributed by atoms with Gasteiger partial charge in [-0.25, -0.2) is 0 Å². The summed E-state index contributed by atoms with van der Waals surface area (Å²) in [6.45, 7) is 0. The summed E-state index contributed by atoms with van der Waals surface area (Å²) >= 11 is 5.93. The lowest BCUT2D eigenvalue weighted by atomic mass is 10.3. The van der Waals surface area contributed by atoms with E-state index in [0.29, 0.717) is 16.5 Å². The Hall–Kier alpha value is -2.26. The first-order chi connectivity index (χ1) is 9.25. The van der Waals surface area contributed by atoms with Crippen molar-refractivity contribution in [1.82, 2.24) is 0 Å². The van der Waals surface area contributed by atoms with Crippen LogP contribution >= 0.6 is 11.6 Å². The zero-order chi connectivity index (χ0) is 13.5. The highest BCUT2D eigenvalue weighted by molar-refractivity contribution is 6.33. The van der Waals surface area contributed by atoms with Crippen molar-refractivity contribution in [3.8, 4) is 5.75 Å². The van der Waals surface area contributed by atoms with Gasteiger partial charge < -0.3 is 10.1 Å². The molecule has 0 bridgehead atoms. The Morgan fingerprint density at radius 1 is 1.05 bits per heavy atom. The van der Waals surface area contributed by atoms with Crippen LogP contribution in [-0.2, 0) is 4.79 Å². The van der Waals surface area contributed by atoms with Crippen LogP contribution in [0.25, 0.3) is 0 Å². The van der Waals surface area contributed by atoms with Crippen molar-refractivity contribution in [2.45, 2.75) is 0 Å². The Kier molecular flexibility index (Phi) is 4.59. The van der Waals surface area contributed by atoms with E-state index in [2.05, 4.69) is 5.32 Å². The molecule has 0 unspecified atom stereocenters. The molecule has 2 aromatic carbocycles. The second-order valence-corrected chi connectivity index (χ2v) is 4.11. The molecule has 0 aliphatic carbocycles. The Labute approximate surface area is 116 Å². The van der Waals surface area contributed by atoms with E-state index >= 15 is 0 Å². The molecule has 0 saturated carbocycles. The summed E-state index contributed by atoms with van der Waals surface area (Å²) in [5, 5.41) is 3.15. The molecule has 0 aromatic heterocycles. The van der Waals surface area contributed by atoms with Gasteiger partial charge in [-0.05, 0) is 24.3 Å². The third-order valence-corrected chi connectivity index (χ3v) is 2.63. The summed E-state index contributed by atoms with van der Waals surface area (Å²) in [6, 6.07) is 16.2. The van der Waals surface area contributed by atoms with Gasteiger partial charge in [-0.2, -0.15) is 0 Å². The highest BCUT2D eigenvalue weighted by atomic mass is 35.5. The molecule has 0 heterocycles. The van der Waals surface area contributed by atoms with E-state index in [1.54, 1.807) is 36.4 Å². The van der Waals surface area contributed by atoms with Gasteiger partial charge in [0.25, 0.3) is 5.91 Å². The fraction of sp³-hybridized carbons (Fsp3) is 0. The van der Waals surface area contributed by atoms with E-state index in [0.717, 1.165) is 0 Å². The lowest BCUT2D eigenvalue weighted by Gasteiger charge is -2.03. The minimum Gasteiger partial charge on any atom is -0.465 e. The van der Waals surface area contributed by atoms with Crippen molar-refractivity contribution < 1.29 is 9.53 Å². The number of rotatable bonds is 4. The summed E-state index contributed by atoms with van der Waals surface area (Å²) < 4.78 is 5.27. The molecule has 0 aliphatic rings. The molecule has 2 aromatic rings. The van der Waals surface area contributed by atoms with Crippen LogP contribution in [0, 0.1) is 0 Å². The molecule has 19 heavy (non-hydrogen) atoms. The summed E-state index contributed by atoms with van der Waals surface area (Å²) in [4.78, 5) is 11.6. The van der Waals surface area contributed by atoms with Crippen molar-refractivity contribution in [1.29, 1.82) is 0 Å². The maximum absolute atomic E-state index is 11.6. The number of carbonyl (C=O) groups is 1. The Morgan fingerprint density at radius 3 is 2.47 bits per heavy atom. The second kappa shape index (κ2) is 6.61. The number of anilines is 1. The van der Waals surface area contributed by atoms with Crippen LogP contribution in [0.2, 0.25) is 5.02 Å². The summed E-state index contributed by atoms with van der Waals surface area (Å²) in [5.74, 6) is 0.369. The van der Waals surface area contributed by atoms with Gasteiger partial charge in [-0.15, -0.1) is 0 Å². The summed E-state index contributed by atoms with van der Waals surface area (Å²) in [5.41, 5.74) is 0.568. The normalized spacial score (nSPS) is 10.4. The number of benzene rings is 2. The molecular weight excluding hydrogens is 262 g/mol. The van der Waals surface area contributed by atoms with Crippen LogP contribution in [0.4, 0.5) is 5.69 Å². The molecule has 2 rings (SSSR count). The molecule has 1 N–H and O–H groups in total. The van der Waals surface area contributed by atoms with Gasteiger partial charge in [0.1, 0.15) is 5.75 Å². The average molecular weight is 274 g/mol. The topological polar surface area (TPSA) is 38.3 Å². The summed E-state index contributed by atoms with van der Waals surface area (Å²) in [7, 11) is 0. The Bertz CT molecular complexity index is 582. The molecule has 96 valence electrons. The van der Waals surface area contributed by atoms with Crippen LogP contribution < -0.4 is 10.1 Å². The number of hydrogen-bond donors (Lipinski definition) is 1. The minimum atomic E-state index is -0.302. The standard InChI is InChI=1S/C15H12ClNO2/c16-13-8-4-5-9-14(13)17-15(18)10-11-19-12-6-2-1-3-7-12/h1-11H,(H,17,18). The van der Waals surface area contributed by atoms with E-state index in [9.17, 15) is 4.79 Å². The molecule has 4 heteroatoms. The lowest BCUT2D eigenvalue weighted by molar-refractivity contribution is -0.112. The van der Waals surface area contributed by atoms with Crippen molar-refractivity contribution in [2.75, 3.05) is 5.32 Å². The molecule has 0 aliphatic heterocycles. The molecule has 0 spiro atoms. The molecule has 0 saturated heterocycles. The Morgan fingerprint density at radius 2 is 1.74 bits per heavy atom. The fourth-order valence-corrected chi connectivity index (χ4v) is 1.59. The molecule has 3 nitrogen and oxygen atoms in total. The summed E-state index contributed by atoms with van der Waals surface area (Å²) in [6.07, 6.45) is 2.64. The largest absolute Gasteiger partial charge is 0.465 e. The maximum Gasteiger partial charge on any atom is 0.251 e. The van der Waals surface area contributed by atoms with E-state index in [4.69, 9.17) is 16.3 Å². The van der Waals surface area contributed by atoms with Crippen molar-refractivity contribution >= 4 is 23.2 Å². The lowest BCUT2D eigenvalue weighted by Crippen LogP contribution is -2.08. The number of nitrogens with one attached hydrogen (secondary N) is 1. The predicted octanol–water partition coefficient (Wildman–Crippen LogP) is 3.87. The zero-order valence-electron chi connectivity index (χ0n) is 10.0. The van der Waals surface area contributed by atoms with Gasteiger partial charge >= 0.3 is 0 Å². The number of amides is 1. The van der Waals surface area contributed by atoms with E-state index in [1.165, 1.54) is 12.3 Å². The minimum absolute atomic E-state index is 0.302. The van der Waals surface area contributed by atoms with Crippen LogP contribution in [0.5, 0.6) is 5.75 Å². The number of halogens is 1. The highest BCUT2D eigenvalue weighted by Gasteiger charge is 2.01. The molecule has 1 amide bonds. The van der Waals surface area contributed by atoms with Crippen molar-refractivity contribution in [3.63, 3.8) is 0 Å². The quantitative estimate of drug-likeness (QED) is 0.678. The van der Waals surface area contributed by atoms with E-state index in [1.807, 2.05) is 18.2 Å². The molecule has 0 fully saturated rings. The number of hydrogen-bond acceptors (Lipinski definition) is 2. The average Bonchev–Trinajstić information content (AvgIpc) is 2.43. The van der Waals surface area contributed by atoms with Gasteiger partial charge in [0.05, 0.1) is 17.0 Å². The third-order valence-electron chi connectivity index (χ3n) is 2.30. The molecule has 0 radical (unpaired) electrons. The van der Waals surface area contributed by atoms with Crippen LogP contribution in [0.1, 0.15) is 0 Å². The number of ether oxygens (including phenoxy) is 1. The monoisotopic (exact) mass is 273 g/mol. The number of para-hydroxylation sites is 2. The Balaban J connectivity index is 1.90. The second-order valence-electron chi connectivity index (χ2n) is 3.70. The van der Waals surface area contributed by atoms with Crippen LogP contribution in [0.15, 0.2) is 66.9 Å². The first-order valence-electron chi connectivity index (χ1n) is 5.69. The van der Waals surface area contributed by atoms with Gasteiger partial charge in [0, 0.05) is 6.08 Å². The fourth-order valence-electron chi connectivity index (χ4n) is 1.41. The third kappa shape index (κ3) is 4.16. The SMILES string of the molecule is O=C(C=COc1ccccc1)Nc1ccccc1Cl. The van der Waals surface area contributed by atoms with Gasteiger partial charge in [0.2, 0.25) is 0 Å². The molecular formula is C15H12ClNO2. The van der Waals surface area contributed by atoms with Crippen LogP contribution in [0.3, 0.4) is 0 Å². The van der Waals surface area contributed by atoms with Gasteiger partial charge in [0.15, 0.2) is 0 Å². The van der Waals surface area contributed by atoms with Gasteiger partial charge in [-0.1, -0.05) is 41.9 Å². The predicted molar refractivity (Wildman–Crippen MR) is 76.3 cm³/mol. The first kappa shape index (κ1) is 13.2. The van der Waals surface area contributed by atoms with Crippen molar-refractivity contribution in [2.24, 2.45) is 0 Å². The first-order valence-corrected chi connectivity index (χ1v) is 6.07. The molecule has 0 atom stereocenters. The van der Waals surface area contributed by atoms with E-state index in [-0.39, 0.29) is 5.91 Å². The maximum atomic E-state index is 11.6. The number of carbonyl (C=O) groups excluding carboxylic acids is 1. The smallest absolute Gasteiger partial charge is 0.251 e. The van der Waals surface area contributed by atoms with Crippen LogP contribution in [-0.4, -0.2) is 5.91 Å². The van der Waals surface area contributed by atoms with Gasteiger partial charge in [-0.3, -0.25) is 4.79 Å². The zero-order valence-corrected chi connectivity index (χ0v) is 10.8. The van der Waals surface area contributed by atoms with E-state index < -0.39 is 0 Å². The van der Waals surface area contributed by atoms with Crippen molar-refractivity contribution in [3.05, 3.63) is 72.0 Å². The highest BCUT2D eigenvalue weighted by Crippen LogP contribution is 2.20.